The standard InChI is InChI=1S/C14H18N4O2/c1-4-12-15-13(17-16-12)14(20)18(5-2)11-8-10(19)7-6-9(11)3/h6-8,19H,4-5H2,1-3H3,(H,15,16,17). The van der Waals surface area contributed by atoms with Crippen LogP contribution in [0, 0.1) is 6.92 Å². The van der Waals surface area contributed by atoms with Crippen molar-refractivity contribution in [3.05, 3.63) is 35.4 Å². The fraction of sp³-hybridized carbons (Fsp3) is 0.357. The second kappa shape index (κ2) is 5.73. The Balaban J connectivity index is 2.36. The smallest absolute Gasteiger partial charge is 0.297 e. The Morgan fingerprint density at radius 2 is 2.15 bits per heavy atom. The second-order valence-corrected chi connectivity index (χ2v) is 4.48. The Morgan fingerprint density at radius 1 is 1.40 bits per heavy atom. The van der Waals surface area contributed by atoms with E-state index in [1.54, 1.807) is 23.1 Å². The number of amides is 1. The number of anilines is 1. The van der Waals surface area contributed by atoms with E-state index in [9.17, 15) is 9.90 Å². The van der Waals surface area contributed by atoms with Crippen LogP contribution in [0.3, 0.4) is 0 Å². The molecule has 1 aromatic carbocycles. The molecule has 2 aromatic rings. The van der Waals surface area contributed by atoms with Crippen LogP contribution in [-0.2, 0) is 6.42 Å². The summed E-state index contributed by atoms with van der Waals surface area (Å²) in [4.78, 5) is 18.2. The number of aromatic amines is 1. The third-order valence-corrected chi connectivity index (χ3v) is 3.10. The van der Waals surface area contributed by atoms with Crippen molar-refractivity contribution in [3.8, 4) is 5.75 Å². The summed E-state index contributed by atoms with van der Waals surface area (Å²) in [5, 5.41) is 16.3. The lowest BCUT2D eigenvalue weighted by molar-refractivity contribution is 0.0978. The van der Waals surface area contributed by atoms with Crippen LogP contribution >= 0.6 is 0 Å². The molecule has 0 radical (unpaired) electrons. The number of aromatic hydroxyl groups is 1. The Hall–Kier alpha value is -2.37. The highest BCUT2D eigenvalue weighted by atomic mass is 16.3. The van der Waals surface area contributed by atoms with Crippen LogP contribution < -0.4 is 4.90 Å². The number of benzene rings is 1. The third-order valence-electron chi connectivity index (χ3n) is 3.10. The molecule has 1 aromatic heterocycles. The molecule has 0 unspecified atom stereocenters. The molecule has 6 nitrogen and oxygen atoms in total. The number of carbonyl (C=O) groups excluding carboxylic acids is 1. The maximum absolute atomic E-state index is 12.5. The first-order chi connectivity index (χ1) is 9.56. The van der Waals surface area contributed by atoms with Crippen molar-refractivity contribution in [1.29, 1.82) is 0 Å². The predicted octanol–water partition coefficient (Wildman–Crippen LogP) is 2.05. The van der Waals surface area contributed by atoms with Crippen LogP contribution in [-0.4, -0.2) is 32.7 Å². The van der Waals surface area contributed by atoms with Crippen molar-refractivity contribution in [2.75, 3.05) is 11.4 Å². The number of aryl methyl sites for hydroxylation is 2. The van der Waals surface area contributed by atoms with Gasteiger partial charge in [-0.2, -0.15) is 0 Å². The van der Waals surface area contributed by atoms with E-state index < -0.39 is 0 Å². The number of nitrogens with zero attached hydrogens (tertiary/aromatic N) is 3. The zero-order valence-electron chi connectivity index (χ0n) is 11.8. The minimum absolute atomic E-state index is 0.126. The molecule has 0 aliphatic rings. The van der Waals surface area contributed by atoms with E-state index >= 15 is 0 Å². The fourth-order valence-electron chi connectivity index (χ4n) is 1.98. The molecule has 0 atom stereocenters. The van der Waals surface area contributed by atoms with Crippen molar-refractivity contribution < 1.29 is 9.90 Å². The van der Waals surface area contributed by atoms with E-state index in [0.29, 0.717) is 24.5 Å². The number of aromatic nitrogens is 3. The van der Waals surface area contributed by atoms with E-state index in [0.717, 1.165) is 5.56 Å². The van der Waals surface area contributed by atoms with Crippen molar-refractivity contribution >= 4 is 11.6 Å². The van der Waals surface area contributed by atoms with Gasteiger partial charge in [0, 0.05) is 19.0 Å². The maximum Gasteiger partial charge on any atom is 0.297 e. The van der Waals surface area contributed by atoms with Gasteiger partial charge in [-0.3, -0.25) is 9.89 Å². The second-order valence-electron chi connectivity index (χ2n) is 4.48. The zero-order chi connectivity index (χ0) is 14.7. The summed E-state index contributed by atoms with van der Waals surface area (Å²) in [6, 6.07) is 4.94. The first kappa shape index (κ1) is 14.0. The number of nitrogens with one attached hydrogen (secondary N) is 1. The first-order valence-electron chi connectivity index (χ1n) is 6.59. The van der Waals surface area contributed by atoms with E-state index in [-0.39, 0.29) is 17.5 Å². The molecule has 0 fully saturated rings. The highest BCUT2D eigenvalue weighted by Gasteiger charge is 2.21. The van der Waals surface area contributed by atoms with Gasteiger partial charge in [0.15, 0.2) is 0 Å². The number of H-pyrrole nitrogens is 1. The number of phenols is 1. The summed E-state index contributed by atoms with van der Waals surface area (Å²) >= 11 is 0. The van der Waals surface area contributed by atoms with Gasteiger partial charge in [0.1, 0.15) is 11.6 Å². The van der Waals surface area contributed by atoms with Gasteiger partial charge in [0.05, 0.1) is 5.69 Å². The molecule has 106 valence electrons. The van der Waals surface area contributed by atoms with Crippen molar-refractivity contribution in [2.24, 2.45) is 0 Å². The Bertz CT molecular complexity index is 621. The third kappa shape index (κ3) is 2.64. The van der Waals surface area contributed by atoms with Gasteiger partial charge in [0.25, 0.3) is 5.91 Å². The molecule has 2 rings (SSSR count). The number of hydrogen-bond donors (Lipinski definition) is 2. The number of hydrogen-bond acceptors (Lipinski definition) is 4. The van der Waals surface area contributed by atoms with E-state index in [1.807, 2.05) is 20.8 Å². The highest BCUT2D eigenvalue weighted by molar-refractivity contribution is 6.04. The molecule has 2 N–H and O–H groups in total. The monoisotopic (exact) mass is 274 g/mol. The minimum Gasteiger partial charge on any atom is -0.508 e. The molecular weight excluding hydrogens is 256 g/mol. The molecule has 0 saturated heterocycles. The largest absolute Gasteiger partial charge is 0.508 e. The number of rotatable bonds is 4. The van der Waals surface area contributed by atoms with Gasteiger partial charge >= 0.3 is 0 Å². The molecule has 0 aliphatic heterocycles. The zero-order valence-corrected chi connectivity index (χ0v) is 11.8. The molecule has 0 spiro atoms. The van der Waals surface area contributed by atoms with Gasteiger partial charge in [0.2, 0.25) is 5.82 Å². The number of carbonyl (C=O) groups is 1. The summed E-state index contributed by atoms with van der Waals surface area (Å²) in [6.45, 7) is 6.17. The van der Waals surface area contributed by atoms with Gasteiger partial charge in [-0.25, -0.2) is 4.98 Å². The summed E-state index contributed by atoms with van der Waals surface area (Å²) in [5.74, 6) is 0.668. The van der Waals surface area contributed by atoms with E-state index in [4.69, 9.17) is 0 Å². The molecule has 0 saturated carbocycles. The highest BCUT2D eigenvalue weighted by Crippen LogP contribution is 2.25. The molecule has 0 aliphatic carbocycles. The molecule has 0 bridgehead atoms. The quantitative estimate of drug-likeness (QED) is 0.894. The maximum atomic E-state index is 12.5. The number of phenolic OH excluding ortho intramolecular Hbond substituents is 1. The van der Waals surface area contributed by atoms with Gasteiger partial charge in [-0.15, -0.1) is 5.10 Å². The average molecular weight is 274 g/mol. The first-order valence-corrected chi connectivity index (χ1v) is 6.59. The van der Waals surface area contributed by atoms with Crippen molar-refractivity contribution in [3.63, 3.8) is 0 Å². The summed E-state index contributed by atoms with van der Waals surface area (Å²) in [7, 11) is 0. The molecule has 1 amide bonds. The lowest BCUT2D eigenvalue weighted by Gasteiger charge is -2.21. The van der Waals surface area contributed by atoms with E-state index in [2.05, 4.69) is 15.2 Å². The van der Waals surface area contributed by atoms with Crippen LogP contribution in [0.4, 0.5) is 5.69 Å². The van der Waals surface area contributed by atoms with Crippen LogP contribution in [0.1, 0.15) is 35.9 Å². The minimum atomic E-state index is -0.280. The summed E-state index contributed by atoms with van der Waals surface area (Å²) < 4.78 is 0. The van der Waals surface area contributed by atoms with Crippen molar-refractivity contribution in [2.45, 2.75) is 27.2 Å². The summed E-state index contributed by atoms with van der Waals surface area (Å²) in [6.07, 6.45) is 0.692. The normalized spacial score (nSPS) is 10.6. The molecular formula is C14H18N4O2. The van der Waals surface area contributed by atoms with Crippen LogP contribution in [0.2, 0.25) is 0 Å². The Morgan fingerprint density at radius 3 is 2.75 bits per heavy atom. The Kier molecular flexibility index (Phi) is 4.02. The molecule has 1 heterocycles. The average Bonchev–Trinajstić information content (AvgIpc) is 2.92. The van der Waals surface area contributed by atoms with Gasteiger partial charge in [-0.05, 0) is 25.5 Å². The van der Waals surface area contributed by atoms with E-state index in [1.165, 1.54) is 0 Å². The Labute approximate surface area is 117 Å². The van der Waals surface area contributed by atoms with Crippen LogP contribution in [0.25, 0.3) is 0 Å². The molecule has 6 heteroatoms. The summed E-state index contributed by atoms with van der Waals surface area (Å²) in [5.41, 5.74) is 1.57. The lowest BCUT2D eigenvalue weighted by Crippen LogP contribution is -2.32. The fourth-order valence-corrected chi connectivity index (χ4v) is 1.98. The van der Waals surface area contributed by atoms with Gasteiger partial charge in [-0.1, -0.05) is 13.0 Å². The lowest BCUT2D eigenvalue weighted by atomic mass is 10.1. The topological polar surface area (TPSA) is 82.1 Å². The van der Waals surface area contributed by atoms with Crippen molar-refractivity contribution in [1.82, 2.24) is 15.2 Å². The SMILES string of the molecule is CCc1nc(C(=O)N(CC)c2cc(O)ccc2C)n[nH]1. The van der Waals surface area contributed by atoms with Crippen LogP contribution in [0.5, 0.6) is 5.75 Å². The predicted molar refractivity (Wildman–Crippen MR) is 76.0 cm³/mol. The van der Waals surface area contributed by atoms with Crippen LogP contribution in [0.15, 0.2) is 18.2 Å². The van der Waals surface area contributed by atoms with Gasteiger partial charge < -0.3 is 10.0 Å². The molecule has 20 heavy (non-hydrogen) atoms.